The van der Waals surface area contributed by atoms with E-state index in [4.69, 9.17) is 5.11 Å². The molecule has 1 aliphatic carbocycles. The van der Waals surface area contributed by atoms with Crippen LogP contribution in [-0.4, -0.2) is 30.2 Å². The number of carboxylic acid groups (broad SMARTS) is 1. The van der Waals surface area contributed by atoms with Gasteiger partial charge in [-0.3, -0.25) is 4.79 Å². The number of nitrogens with one attached hydrogen (secondary N) is 2. The molecular weight excluding hydrogens is 232 g/mol. The second kappa shape index (κ2) is 7.74. The lowest BCUT2D eigenvalue weighted by Gasteiger charge is -2.12. The van der Waals surface area contributed by atoms with Crippen LogP contribution in [-0.2, 0) is 4.79 Å². The van der Waals surface area contributed by atoms with Gasteiger partial charge in [-0.1, -0.05) is 18.6 Å². The third-order valence-corrected chi connectivity index (χ3v) is 3.22. The summed E-state index contributed by atoms with van der Waals surface area (Å²) in [6.45, 7) is 2.59. The van der Waals surface area contributed by atoms with Crippen molar-refractivity contribution in [1.29, 1.82) is 0 Å². The first-order valence-corrected chi connectivity index (χ1v) is 6.56. The zero-order valence-corrected chi connectivity index (χ0v) is 10.9. The largest absolute Gasteiger partial charge is 0.481 e. The zero-order valence-electron chi connectivity index (χ0n) is 10.9. The van der Waals surface area contributed by atoms with E-state index in [0.29, 0.717) is 13.0 Å². The van der Waals surface area contributed by atoms with E-state index < -0.39 is 11.9 Å². The molecule has 5 heteroatoms. The Kier molecular flexibility index (Phi) is 6.25. The first kappa shape index (κ1) is 14.5. The highest BCUT2D eigenvalue weighted by atomic mass is 16.4. The number of hydrogen-bond acceptors (Lipinski definition) is 2. The highest BCUT2D eigenvalue weighted by Crippen LogP contribution is 2.19. The molecule has 102 valence electrons. The second-order valence-electron chi connectivity index (χ2n) is 4.58. The summed E-state index contributed by atoms with van der Waals surface area (Å²) in [5.41, 5.74) is 1.41. The molecule has 0 saturated carbocycles. The summed E-state index contributed by atoms with van der Waals surface area (Å²) >= 11 is 0. The molecule has 0 bridgehead atoms. The van der Waals surface area contributed by atoms with Crippen LogP contribution in [0.1, 0.15) is 39.0 Å². The molecule has 1 rings (SSSR count). The van der Waals surface area contributed by atoms with Crippen LogP contribution in [0.15, 0.2) is 11.6 Å². The Hall–Kier alpha value is -1.52. The normalized spacial score (nSPS) is 15.9. The van der Waals surface area contributed by atoms with Crippen LogP contribution in [0, 0.1) is 5.92 Å². The van der Waals surface area contributed by atoms with Crippen molar-refractivity contribution in [2.75, 3.05) is 13.1 Å². The summed E-state index contributed by atoms with van der Waals surface area (Å²) in [6.07, 6.45) is 7.15. The summed E-state index contributed by atoms with van der Waals surface area (Å²) < 4.78 is 0. The molecule has 5 nitrogen and oxygen atoms in total. The molecule has 3 N–H and O–H groups in total. The van der Waals surface area contributed by atoms with Gasteiger partial charge in [0.1, 0.15) is 0 Å². The van der Waals surface area contributed by atoms with Crippen molar-refractivity contribution >= 4 is 12.0 Å². The molecule has 0 heterocycles. The number of hydrogen-bond donors (Lipinski definition) is 3. The fraction of sp³-hybridized carbons (Fsp3) is 0.692. The van der Waals surface area contributed by atoms with Crippen molar-refractivity contribution in [2.24, 2.45) is 5.92 Å². The fourth-order valence-corrected chi connectivity index (χ4v) is 1.99. The van der Waals surface area contributed by atoms with Crippen molar-refractivity contribution in [1.82, 2.24) is 10.6 Å². The Labute approximate surface area is 108 Å². The van der Waals surface area contributed by atoms with Crippen LogP contribution in [0.5, 0.6) is 0 Å². The molecule has 0 aromatic rings. The van der Waals surface area contributed by atoms with Gasteiger partial charge in [-0.05, 0) is 32.1 Å². The quantitative estimate of drug-likeness (QED) is 0.607. The molecule has 1 unspecified atom stereocenters. The number of carbonyl (C=O) groups is 2. The molecule has 0 radical (unpaired) electrons. The lowest BCUT2D eigenvalue weighted by molar-refractivity contribution is -0.141. The molecule has 0 aliphatic heterocycles. The van der Waals surface area contributed by atoms with Gasteiger partial charge in [0.2, 0.25) is 0 Å². The molecule has 0 aromatic carbocycles. The maximum absolute atomic E-state index is 11.4. The number of carboxylic acids is 1. The molecule has 1 atom stereocenters. The minimum atomic E-state index is -0.867. The van der Waals surface area contributed by atoms with Crippen molar-refractivity contribution in [3.05, 3.63) is 11.6 Å². The summed E-state index contributed by atoms with van der Waals surface area (Å²) in [6, 6.07) is -0.284. The van der Waals surface area contributed by atoms with E-state index in [2.05, 4.69) is 16.7 Å². The highest BCUT2D eigenvalue weighted by molar-refractivity contribution is 5.75. The van der Waals surface area contributed by atoms with Gasteiger partial charge in [0, 0.05) is 13.1 Å². The first-order chi connectivity index (χ1) is 8.63. The summed E-state index contributed by atoms with van der Waals surface area (Å²) in [7, 11) is 0. The van der Waals surface area contributed by atoms with E-state index in [1.807, 2.05) is 0 Å². The predicted molar refractivity (Wildman–Crippen MR) is 69.4 cm³/mol. The first-order valence-electron chi connectivity index (χ1n) is 6.56. The van der Waals surface area contributed by atoms with E-state index in [0.717, 1.165) is 19.3 Å². The topological polar surface area (TPSA) is 78.4 Å². The average molecular weight is 254 g/mol. The Morgan fingerprint density at radius 2 is 2.22 bits per heavy atom. The van der Waals surface area contributed by atoms with Gasteiger partial charge >= 0.3 is 12.0 Å². The maximum Gasteiger partial charge on any atom is 0.314 e. The van der Waals surface area contributed by atoms with Crippen LogP contribution in [0.2, 0.25) is 0 Å². The minimum Gasteiger partial charge on any atom is -0.481 e. The number of amides is 2. The van der Waals surface area contributed by atoms with Gasteiger partial charge in [0.15, 0.2) is 0 Å². The average Bonchev–Trinajstić information content (AvgIpc) is 2.82. The van der Waals surface area contributed by atoms with E-state index in [1.165, 1.54) is 12.0 Å². The molecule has 0 spiro atoms. The van der Waals surface area contributed by atoms with Gasteiger partial charge in [0.25, 0.3) is 0 Å². The number of aliphatic carboxylic acids is 1. The lowest BCUT2D eigenvalue weighted by Crippen LogP contribution is -2.40. The Balaban J connectivity index is 2.11. The standard InChI is InChI=1S/C13H22N2O3/c1-2-11(12(16)17)9-15-13(18)14-8-7-10-5-3-4-6-10/h5,11H,2-4,6-9H2,1H3,(H,16,17)(H2,14,15,18). The van der Waals surface area contributed by atoms with Crippen molar-refractivity contribution in [3.63, 3.8) is 0 Å². The van der Waals surface area contributed by atoms with Crippen LogP contribution < -0.4 is 10.6 Å². The summed E-state index contributed by atoms with van der Waals surface area (Å²) in [4.78, 5) is 22.2. The van der Waals surface area contributed by atoms with Crippen molar-refractivity contribution in [3.8, 4) is 0 Å². The number of carbonyl (C=O) groups excluding carboxylic acids is 1. The SMILES string of the molecule is CCC(CNC(=O)NCCC1=CCCC1)C(=O)O. The van der Waals surface area contributed by atoms with Crippen LogP contribution in [0.25, 0.3) is 0 Å². The van der Waals surface area contributed by atoms with E-state index >= 15 is 0 Å². The zero-order chi connectivity index (χ0) is 13.4. The van der Waals surface area contributed by atoms with Gasteiger partial charge in [0.05, 0.1) is 5.92 Å². The van der Waals surface area contributed by atoms with E-state index in [9.17, 15) is 9.59 Å². The third kappa shape index (κ3) is 5.21. The number of rotatable bonds is 7. The molecule has 1 aliphatic rings. The smallest absolute Gasteiger partial charge is 0.314 e. The van der Waals surface area contributed by atoms with Crippen LogP contribution >= 0.6 is 0 Å². The Bertz CT molecular complexity index is 326. The van der Waals surface area contributed by atoms with Gasteiger partial charge in [-0.25, -0.2) is 4.79 Å². The third-order valence-electron chi connectivity index (χ3n) is 3.22. The molecular formula is C13H22N2O3. The van der Waals surface area contributed by atoms with Gasteiger partial charge in [-0.15, -0.1) is 0 Å². The molecule has 2 amide bonds. The van der Waals surface area contributed by atoms with Gasteiger partial charge in [-0.2, -0.15) is 0 Å². The van der Waals surface area contributed by atoms with Crippen molar-refractivity contribution in [2.45, 2.75) is 39.0 Å². The fourth-order valence-electron chi connectivity index (χ4n) is 1.99. The molecule has 0 aromatic heterocycles. The van der Waals surface area contributed by atoms with Gasteiger partial charge < -0.3 is 15.7 Å². The Morgan fingerprint density at radius 1 is 1.44 bits per heavy atom. The summed E-state index contributed by atoms with van der Waals surface area (Å²) in [5, 5.41) is 14.2. The molecule has 0 fully saturated rings. The minimum absolute atomic E-state index is 0.181. The molecule has 18 heavy (non-hydrogen) atoms. The van der Waals surface area contributed by atoms with E-state index in [1.54, 1.807) is 6.92 Å². The summed E-state index contributed by atoms with van der Waals surface area (Å²) in [5.74, 6) is -1.37. The number of urea groups is 1. The predicted octanol–water partition coefficient (Wildman–Crippen LogP) is 1.90. The van der Waals surface area contributed by atoms with Crippen LogP contribution in [0.4, 0.5) is 4.79 Å². The maximum atomic E-state index is 11.4. The second-order valence-corrected chi connectivity index (χ2v) is 4.58. The monoisotopic (exact) mass is 254 g/mol. The number of allylic oxidation sites excluding steroid dienone is 1. The van der Waals surface area contributed by atoms with Crippen LogP contribution in [0.3, 0.4) is 0 Å². The van der Waals surface area contributed by atoms with E-state index in [-0.39, 0.29) is 12.6 Å². The Morgan fingerprint density at radius 3 is 2.78 bits per heavy atom. The van der Waals surface area contributed by atoms with Crippen molar-refractivity contribution < 1.29 is 14.7 Å². The molecule has 0 saturated heterocycles. The highest BCUT2D eigenvalue weighted by Gasteiger charge is 2.15. The lowest BCUT2D eigenvalue weighted by atomic mass is 10.1.